The van der Waals surface area contributed by atoms with E-state index in [0.29, 0.717) is 17.4 Å². The summed E-state index contributed by atoms with van der Waals surface area (Å²) in [7, 11) is 3.54. The van der Waals surface area contributed by atoms with Gasteiger partial charge in [0.05, 0.1) is 0 Å². The molecule has 2 heterocycles. The van der Waals surface area contributed by atoms with E-state index in [2.05, 4.69) is 24.1 Å². The molecule has 0 amide bonds. The van der Waals surface area contributed by atoms with Crippen molar-refractivity contribution in [3.05, 3.63) is 0 Å². The quantitative estimate of drug-likeness (QED) is 0.778. The first-order valence-corrected chi connectivity index (χ1v) is 8.08. The fourth-order valence-electron chi connectivity index (χ4n) is 4.75. The minimum Gasteiger partial charge on any atom is -0.353 e. The van der Waals surface area contributed by atoms with E-state index in [1.165, 1.54) is 32.6 Å². The number of ether oxygens (including phenoxy) is 2. The van der Waals surface area contributed by atoms with E-state index < -0.39 is 0 Å². The van der Waals surface area contributed by atoms with Crippen LogP contribution in [0.1, 0.15) is 33.1 Å². The van der Waals surface area contributed by atoms with Crippen molar-refractivity contribution < 1.29 is 9.47 Å². The first-order valence-electron chi connectivity index (χ1n) is 8.08. The maximum absolute atomic E-state index is 5.56. The Bertz CT molecular complexity index is 318. The third kappa shape index (κ3) is 2.31. The van der Waals surface area contributed by atoms with Crippen LogP contribution in [0.5, 0.6) is 0 Å². The van der Waals surface area contributed by atoms with Gasteiger partial charge in [0.25, 0.3) is 0 Å². The Labute approximate surface area is 123 Å². The van der Waals surface area contributed by atoms with Gasteiger partial charge in [-0.1, -0.05) is 13.8 Å². The SMILES string of the molecule is COC1(OC)CC([C@@H](C(C)C)N2CC3(CCNC3)C2)C1. The van der Waals surface area contributed by atoms with Gasteiger partial charge < -0.3 is 14.8 Å². The molecule has 1 aliphatic carbocycles. The summed E-state index contributed by atoms with van der Waals surface area (Å²) >= 11 is 0. The van der Waals surface area contributed by atoms with Crippen LogP contribution >= 0.6 is 0 Å². The first-order chi connectivity index (χ1) is 9.53. The fraction of sp³-hybridized carbons (Fsp3) is 1.00. The van der Waals surface area contributed by atoms with E-state index in [-0.39, 0.29) is 5.79 Å². The van der Waals surface area contributed by atoms with Gasteiger partial charge in [0.1, 0.15) is 0 Å². The van der Waals surface area contributed by atoms with Crippen LogP contribution in [0.15, 0.2) is 0 Å². The first kappa shape index (κ1) is 14.8. The maximum Gasteiger partial charge on any atom is 0.168 e. The summed E-state index contributed by atoms with van der Waals surface area (Å²) in [6.07, 6.45) is 3.45. The molecule has 1 saturated carbocycles. The highest BCUT2D eigenvalue weighted by Crippen LogP contribution is 2.49. The molecule has 2 aliphatic heterocycles. The van der Waals surface area contributed by atoms with Crippen molar-refractivity contribution in [1.29, 1.82) is 0 Å². The lowest BCUT2D eigenvalue weighted by atomic mass is 9.67. The summed E-state index contributed by atoms with van der Waals surface area (Å²) in [5, 5.41) is 3.53. The molecule has 1 spiro atoms. The molecule has 0 bridgehead atoms. The van der Waals surface area contributed by atoms with E-state index in [4.69, 9.17) is 9.47 Å². The van der Waals surface area contributed by atoms with Gasteiger partial charge in [-0.2, -0.15) is 0 Å². The van der Waals surface area contributed by atoms with Gasteiger partial charge >= 0.3 is 0 Å². The van der Waals surface area contributed by atoms with Crippen LogP contribution in [0.25, 0.3) is 0 Å². The van der Waals surface area contributed by atoms with Crippen LogP contribution in [0.3, 0.4) is 0 Å². The average molecular weight is 282 g/mol. The molecule has 3 aliphatic rings. The molecular weight excluding hydrogens is 252 g/mol. The van der Waals surface area contributed by atoms with Crippen molar-refractivity contribution in [2.75, 3.05) is 40.4 Å². The molecule has 0 radical (unpaired) electrons. The molecule has 0 unspecified atom stereocenters. The molecule has 1 N–H and O–H groups in total. The van der Waals surface area contributed by atoms with Crippen LogP contribution in [-0.2, 0) is 9.47 Å². The summed E-state index contributed by atoms with van der Waals surface area (Å²) in [5.74, 6) is 1.13. The number of nitrogens with one attached hydrogen (secondary N) is 1. The predicted octanol–water partition coefficient (Wildman–Crippen LogP) is 1.71. The molecule has 3 rings (SSSR count). The molecule has 0 aromatic heterocycles. The van der Waals surface area contributed by atoms with E-state index in [0.717, 1.165) is 18.8 Å². The number of methoxy groups -OCH3 is 2. The Hall–Kier alpha value is -0.160. The van der Waals surface area contributed by atoms with Crippen molar-refractivity contribution in [1.82, 2.24) is 10.2 Å². The van der Waals surface area contributed by atoms with Gasteiger partial charge in [0.2, 0.25) is 0 Å². The Kier molecular flexibility index (Phi) is 3.87. The number of hydrogen-bond donors (Lipinski definition) is 1. The van der Waals surface area contributed by atoms with Crippen LogP contribution in [-0.4, -0.2) is 57.1 Å². The topological polar surface area (TPSA) is 33.7 Å². The third-order valence-electron chi connectivity index (χ3n) is 5.89. The van der Waals surface area contributed by atoms with E-state index in [1.54, 1.807) is 14.2 Å². The smallest absolute Gasteiger partial charge is 0.168 e. The zero-order chi connectivity index (χ0) is 14.4. The summed E-state index contributed by atoms with van der Waals surface area (Å²) < 4.78 is 11.1. The summed E-state index contributed by atoms with van der Waals surface area (Å²) in [4.78, 5) is 2.72. The number of rotatable bonds is 5. The Morgan fingerprint density at radius 1 is 1.15 bits per heavy atom. The summed E-state index contributed by atoms with van der Waals surface area (Å²) in [6, 6.07) is 0.694. The minimum absolute atomic E-state index is 0.296. The van der Waals surface area contributed by atoms with E-state index in [1.807, 2.05) is 0 Å². The maximum atomic E-state index is 5.56. The van der Waals surface area contributed by atoms with Crippen LogP contribution in [0, 0.1) is 17.3 Å². The lowest BCUT2D eigenvalue weighted by Gasteiger charge is -2.58. The molecule has 116 valence electrons. The molecule has 20 heavy (non-hydrogen) atoms. The Morgan fingerprint density at radius 2 is 1.80 bits per heavy atom. The zero-order valence-corrected chi connectivity index (χ0v) is 13.4. The minimum atomic E-state index is -0.296. The molecule has 4 nitrogen and oxygen atoms in total. The van der Waals surface area contributed by atoms with Crippen LogP contribution < -0.4 is 5.32 Å². The van der Waals surface area contributed by atoms with Gasteiger partial charge in [-0.3, -0.25) is 4.90 Å². The van der Waals surface area contributed by atoms with Gasteiger partial charge in [0, 0.05) is 58.2 Å². The van der Waals surface area contributed by atoms with Crippen LogP contribution in [0.4, 0.5) is 0 Å². The summed E-state index contributed by atoms with van der Waals surface area (Å²) in [5.41, 5.74) is 0.594. The highest BCUT2D eigenvalue weighted by molar-refractivity contribution is 5.06. The van der Waals surface area contributed by atoms with E-state index in [9.17, 15) is 0 Å². The standard InChI is InChI=1S/C16H30N2O2/c1-12(2)14(13-7-16(8-13,19-3)20-4)18-10-15(11-18)5-6-17-9-15/h12-14,17H,5-11H2,1-4H3/t14-/m1/s1. The largest absolute Gasteiger partial charge is 0.353 e. The Morgan fingerprint density at radius 3 is 2.25 bits per heavy atom. The molecule has 0 aromatic rings. The van der Waals surface area contributed by atoms with Gasteiger partial charge in [-0.15, -0.1) is 0 Å². The lowest BCUT2D eigenvalue weighted by molar-refractivity contribution is -0.282. The molecular formula is C16H30N2O2. The second-order valence-electron chi connectivity index (χ2n) is 7.55. The Balaban J connectivity index is 1.58. The second-order valence-corrected chi connectivity index (χ2v) is 7.55. The predicted molar refractivity (Wildman–Crippen MR) is 79.6 cm³/mol. The monoisotopic (exact) mass is 282 g/mol. The van der Waals surface area contributed by atoms with Crippen LogP contribution in [0.2, 0.25) is 0 Å². The second kappa shape index (κ2) is 5.24. The van der Waals surface area contributed by atoms with Crippen molar-refractivity contribution in [3.8, 4) is 0 Å². The van der Waals surface area contributed by atoms with Gasteiger partial charge in [0.15, 0.2) is 5.79 Å². The van der Waals surface area contributed by atoms with Gasteiger partial charge in [-0.05, 0) is 24.8 Å². The number of hydrogen-bond acceptors (Lipinski definition) is 4. The molecule has 1 atom stereocenters. The normalized spacial score (nSPS) is 30.4. The lowest BCUT2D eigenvalue weighted by Crippen LogP contribution is -2.66. The number of nitrogens with zero attached hydrogens (tertiary/aromatic N) is 1. The van der Waals surface area contributed by atoms with Crippen molar-refractivity contribution >= 4 is 0 Å². The molecule has 3 fully saturated rings. The van der Waals surface area contributed by atoms with Gasteiger partial charge in [-0.25, -0.2) is 0 Å². The fourth-order valence-corrected chi connectivity index (χ4v) is 4.75. The summed E-state index contributed by atoms with van der Waals surface area (Å²) in [6.45, 7) is 9.72. The van der Waals surface area contributed by atoms with Crippen molar-refractivity contribution in [2.45, 2.75) is 44.9 Å². The van der Waals surface area contributed by atoms with Crippen molar-refractivity contribution in [3.63, 3.8) is 0 Å². The highest BCUT2D eigenvalue weighted by atomic mass is 16.7. The highest BCUT2D eigenvalue weighted by Gasteiger charge is 2.54. The molecule has 0 aromatic carbocycles. The third-order valence-corrected chi connectivity index (χ3v) is 5.89. The average Bonchev–Trinajstić information content (AvgIpc) is 2.81. The molecule has 4 heteroatoms. The van der Waals surface area contributed by atoms with Crippen molar-refractivity contribution in [2.24, 2.45) is 17.3 Å². The molecule has 2 saturated heterocycles. The zero-order valence-electron chi connectivity index (χ0n) is 13.4. The number of likely N-dealkylation sites (tertiary alicyclic amines) is 1. The van der Waals surface area contributed by atoms with E-state index >= 15 is 0 Å².